The average molecular weight is 356 g/mol. The van der Waals surface area contributed by atoms with Crippen molar-refractivity contribution in [2.45, 2.75) is 10.6 Å². The Morgan fingerprint density at radius 1 is 1.15 bits per heavy atom. The Bertz CT molecular complexity index is 712. The first-order chi connectivity index (χ1) is 9.42. The fraction of sp³-hybridized carbons (Fsp3) is 0.143. The van der Waals surface area contributed by atoms with Crippen LogP contribution in [-0.2, 0) is 15.6 Å². The first-order valence-electron chi connectivity index (χ1n) is 5.83. The monoisotopic (exact) mass is 355 g/mol. The van der Waals surface area contributed by atoms with Gasteiger partial charge in [-0.05, 0) is 30.3 Å². The second-order valence-corrected chi connectivity index (χ2v) is 7.19. The fourth-order valence-electron chi connectivity index (χ4n) is 1.81. The minimum atomic E-state index is -3.42. The van der Waals surface area contributed by atoms with Crippen molar-refractivity contribution in [1.29, 1.82) is 0 Å². The SMILES string of the molecule is COc1cc(N)ccc1CS(=O)(=O)c1ccc(Br)cc1. The van der Waals surface area contributed by atoms with Gasteiger partial charge >= 0.3 is 0 Å². The van der Waals surface area contributed by atoms with E-state index in [-0.39, 0.29) is 10.6 Å². The van der Waals surface area contributed by atoms with Gasteiger partial charge in [-0.2, -0.15) is 0 Å². The molecular formula is C14H14BrNO3S. The third-order valence-electron chi connectivity index (χ3n) is 2.83. The van der Waals surface area contributed by atoms with Crippen LogP contribution in [0.25, 0.3) is 0 Å². The third kappa shape index (κ3) is 3.32. The van der Waals surface area contributed by atoms with Crippen LogP contribution in [0.1, 0.15) is 5.56 Å². The van der Waals surface area contributed by atoms with Crippen molar-refractivity contribution >= 4 is 31.5 Å². The van der Waals surface area contributed by atoms with Gasteiger partial charge in [0.2, 0.25) is 0 Å². The molecular weight excluding hydrogens is 342 g/mol. The fourth-order valence-corrected chi connectivity index (χ4v) is 3.44. The number of nitrogens with two attached hydrogens (primary N) is 1. The highest BCUT2D eigenvalue weighted by Gasteiger charge is 2.17. The van der Waals surface area contributed by atoms with Crippen LogP contribution in [0.15, 0.2) is 51.8 Å². The van der Waals surface area contributed by atoms with E-state index in [9.17, 15) is 8.42 Å². The number of sulfone groups is 1. The smallest absolute Gasteiger partial charge is 0.182 e. The first kappa shape index (κ1) is 14.9. The van der Waals surface area contributed by atoms with Crippen LogP contribution in [0.3, 0.4) is 0 Å². The molecule has 20 heavy (non-hydrogen) atoms. The lowest BCUT2D eigenvalue weighted by atomic mass is 10.2. The van der Waals surface area contributed by atoms with Gasteiger partial charge in [-0.1, -0.05) is 22.0 Å². The van der Waals surface area contributed by atoms with E-state index in [2.05, 4.69) is 15.9 Å². The predicted octanol–water partition coefficient (Wildman–Crippen LogP) is 3.01. The predicted molar refractivity (Wildman–Crippen MR) is 82.4 cm³/mol. The number of nitrogen functional groups attached to an aromatic ring is 1. The van der Waals surface area contributed by atoms with Gasteiger partial charge in [0.15, 0.2) is 9.84 Å². The number of halogens is 1. The third-order valence-corrected chi connectivity index (χ3v) is 5.04. The summed E-state index contributed by atoms with van der Waals surface area (Å²) in [7, 11) is -1.93. The van der Waals surface area contributed by atoms with Gasteiger partial charge in [-0.15, -0.1) is 0 Å². The zero-order valence-electron chi connectivity index (χ0n) is 10.8. The molecule has 0 aliphatic rings. The molecule has 0 saturated heterocycles. The number of hydrogen-bond acceptors (Lipinski definition) is 4. The van der Waals surface area contributed by atoms with Gasteiger partial charge in [0.1, 0.15) is 5.75 Å². The Morgan fingerprint density at radius 2 is 1.80 bits per heavy atom. The summed E-state index contributed by atoms with van der Waals surface area (Å²) in [6, 6.07) is 11.5. The van der Waals surface area contributed by atoms with Crippen LogP contribution in [0.4, 0.5) is 5.69 Å². The van der Waals surface area contributed by atoms with Gasteiger partial charge < -0.3 is 10.5 Å². The topological polar surface area (TPSA) is 69.4 Å². The molecule has 2 aromatic carbocycles. The molecule has 0 unspecified atom stereocenters. The maximum absolute atomic E-state index is 12.4. The molecule has 4 nitrogen and oxygen atoms in total. The Kier molecular flexibility index (Phi) is 4.35. The van der Waals surface area contributed by atoms with Gasteiger partial charge in [-0.3, -0.25) is 0 Å². The van der Waals surface area contributed by atoms with Gasteiger partial charge in [-0.25, -0.2) is 8.42 Å². The lowest BCUT2D eigenvalue weighted by Gasteiger charge is -2.10. The maximum Gasteiger partial charge on any atom is 0.182 e. The lowest BCUT2D eigenvalue weighted by Crippen LogP contribution is -2.06. The standard InChI is InChI=1S/C14H14BrNO3S/c1-19-14-8-12(16)5-2-10(14)9-20(17,18)13-6-3-11(15)4-7-13/h2-8H,9,16H2,1H3. The molecule has 0 fully saturated rings. The summed E-state index contributed by atoms with van der Waals surface area (Å²) >= 11 is 3.28. The number of rotatable bonds is 4. The second kappa shape index (κ2) is 5.85. The van der Waals surface area contributed by atoms with Crippen molar-refractivity contribution in [2.24, 2.45) is 0 Å². The van der Waals surface area contributed by atoms with Crippen molar-refractivity contribution in [2.75, 3.05) is 12.8 Å². The maximum atomic E-state index is 12.4. The van der Waals surface area contributed by atoms with E-state index in [0.717, 1.165) is 4.47 Å². The summed E-state index contributed by atoms with van der Waals surface area (Å²) in [6.07, 6.45) is 0. The largest absolute Gasteiger partial charge is 0.496 e. The lowest BCUT2D eigenvalue weighted by molar-refractivity contribution is 0.411. The molecule has 6 heteroatoms. The first-order valence-corrected chi connectivity index (χ1v) is 8.27. The minimum absolute atomic E-state index is 0.127. The number of hydrogen-bond donors (Lipinski definition) is 1. The molecule has 0 atom stereocenters. The van der Waals surface area contributed by atoms with E-state index in [1.807, 2.05) is 0 Å². The Morgan fingerprint density at radius 3 is 2.40 bits per heavy atom. The molecule has 0 saturated carbocycles. The highest BCUT2D eigenvalue weighted by atomic mass is 79.9. The van der Waals surface area contributed by atoms with E-state index < -0.39 is 9.84 Å². The summed E-state index contributed by atoms with van der Waals surface area (Å²) in [5, 5.41) is 0. The van der Waals surface area contributed by atoms with E-state index >= 15 is 0 Å². The van der Waals surface area contributed by atoms with Crippen LogP contribution < -0.4 is 10.5 Å². The molecule has 2 aromatic rings. The summed E-state index contributed by atoms with van der Waals surface area (Å²) in [5.41, 5.74) is 6.78. The Labute approximate surface area is 126 Å². The molecule has 2 N–H and O–H groups in total. The normalized spacial score (nSPS) is 11.3. The molecule has 0 aliphatic heterocycles. The van der Waals surface area contributed by atoms with Crippen LogP contribution in [0.2, 0.25) is 0 Å². The molecule has 0 heterocycles. The van der Waals surface area contributed by atoms with Crippen LogP contribution >= 0.6 is 15.9 Å². The number of methoxy groups -OCH3 is 1. The van der Waals surface area contributed by atoms with E-state index in [0.29, 0.717) is 17.0 Å². The number of anilines is 1. The molecule has 0 bridgehead atoms. The van der Waals surface area contributed by atoms with Gasteiger partial charge in [0.05, 0.1) is 17.8 Å². The quantitative estimate of drug-likeness (QED) is 0.855. The molecule has 0 spiro atoms. The Hall–Kier alpha value is -1.53. The molecule has 0 amide bonds. The molecule has 0 aromatic heterocycles. The number of ether oxygens (including phenoxy) is 1. The zero-order valence-corrected chi connectivity index (χ0v) is 13.2. The van der Waals surface area contributed by atoms with E-state index in [1.165, 1.54) is 7.11 Å². The van der Waals surface area contributed by atoms with Crippen molar-refractivity contribution < 1.29 is 13.2 Å². The average Bonchev–Trinajstić information content (AvgIpc) is 2.41. The van der Waals surface area contributed by atoms with E-state index in [1.54, 1.807) is 42.5 Å². The van der Waals surface area contributed by atoms with Gasteiger partial charge in [0, 0.05) is 21.8 Å². The molecule has 2 rings (SSSR count). The molecule has 0 radical (unpaired) electrons. The summed E-state index contributed by atoms with van der Waals surface area (Å²) in [5.74, 6) is 0.351. The van der Waals surface area contributed by atoms with Gasteiger partial charge in [0.25, 0.3) is 0 Å². The van der Waals surface area contributed by atoms with Crippen molar-refractivity contribution in [3.8, 4) is 5.75 Å². The van der Waals surface area contributed by atoms with Crippen molar-refractivity contribution in [1.82, 2.24) is 0 Å². The molecule has 106 valence electrons. The van der Waals surface area contributed by atoms with Crippen LogP contribution in [0, 0.1) is 0 Å². The van der Waals surface area contributed by atoms with Crippen LogP contribution in [-0.4, -0.2) is 15.5 Å². The molecule has 0 aliphatic carbocycles. The second-order valence-electron chi connectivity index (χ2n) is 4.28. The van der Waals surface area contributed by atoms with Crippen molar-refractivity contribution in [3.05, 3.63) is 52.5 Å². The minimum Gasteiger partial charge on any atom is -0.496 e. The zero-order chi connectivity index (χ0) is 14.8. The van der Waals surface area contributed by atoms with Crippen LogP contribution in [0.5, 0.6) is 5.75 Å². The highest BCUT2D eigenvalue weighted by Crippen LogP contribution is 2.26. The summed E-state index contributed by atoms with van der Waals surface area (Å²) < 4.78 is 30.7. The Balaban J connectivity index is 2.35. The van der Waals surface area contributed by atoms with Crippen molar-refractivity contribution in [3.63, 3.8) is 0 Å². The summed E-state index contributed by atoms with van der Waals surface area (Å²) in [4.78, 5) is 0.277. The number of benzene rings is 2. The van der Waals surface area contributed by atoms with E-state index in [4.69, 9.17) is 10.5 Å². The highest BCUT2D eigenvalue weighted by molar-refractivity contribution is 9.10. The summed E-state index contributed by atoms with van der Waals surface area (Å²) in [6.45, 7) is 0.